The second-order valence-electron chi connectivity index (χ2n) is 6.71. The van der Waals surface area contributed by atoms with Crippen LogP contribution in [0.3, 0.4) is 0 Å². The molecular weight excluding hydrogens is 440 g/mol. The molecule has 0 aromatic heterocycles. The fraction of sp³-hybridized carbons (Fsp3) is 0.0385. The lowest BCUT2D eigenvalue weighted by atomic mass is 10.0. The second-order valence-corrected chi connectivity index (χ2v) is 7.62. The van der Waals surface area contributed by atoms with E-state index in [2.05, 4.69) is 46.3 Å². The SMILES string of the molecule is COc1cc(C=Cc2cccc3ccccc23)ccc1OC(=O)c1ccc(Br)cc1. The lowest BCUT2D eigenvalue weighted by molar-refractivity contribution is 0.0729. The quantitative estimate of drug-likeness (QED) is 0.183. The van der Waals surface area contributed by atoms with Crippen molar-refractivity contribution in [2.24, 2.45) is 0 Å². The molecule has 0 aliphatic heterocycles. The zero-order chi connectivity index (χ0) is 20.9. The molecule has 0 aliphatic rings. The number of benzene rings is 4. The van der Waals surface area contributed by atoms with Crippen molar-refractivity contribution in [3.63, 3.8) is 0 Å². The molecule has 4 heteroatoms. The predicted octanol–water partition coefficient (Wildman–Crippen LogP) is 7.00. The average molecular weight is 459 g/mol. The fourth-order valence-corrected chi connectivity index (χ4v) is 3.46. The molecule has 4 aromatic rings. The average Bonchev–Trinajstić information content (AvgIpc) is 2.78. The van der Waals surface area contributed by atoms with E-state index >= 15 is 0 Å². The van der Waals surface area contributed by atoms with Gasteiger partial charge in [0, 0.05) is 4.47 Å². The van der Waals surface area contributed by atoms with Gasteiger partial charge in [-0.25, -0.2) is 4.79 Å². The summed E-state index contributed by atoms with van der Waals surface area (Å²) in [6.45, 7) is 0. The van der Waals surface area contributed by atoms with Crippen LogP contribution in [0.5, 0.6) is 11.5 Å². The number of hydrogen-bond donors (Lipinski definition) is 0. The standard InChI is InChI=1S/C26H19BrO3/c1-29-25-17-18(9-11-20-7-4-6-19-5-2-3-8-23(19)20)10-16-24(25)30-26(28)21-12-14-22(27)15-13-21/h2-17H,1H3. The molecule has 0 spiro atoms. The summed E-state index contributed by atoms with van der Waals surface area (Å²) in [6, 6.07) is 27.0. The van der Waals surface area contributed by atoms with E-state index in [9.17, 15) is 4.79 Å². The zero-order valence-electron chi connectivity index (χ0n) is 16.3. The van der Waals surface area contributed by atoms with Crippen LogP contribution in [0.15, 0.2) is 89.4 Å². The molecule has 0 saturated heterocycles. The maximum atomic E-state index is 12.4. The summed E-state index contributed by atoms with van der Waals surface area (Å²) in [4.78, 5) is 12.4. The molecule has 0 heterocycles. The third kappa shape index (κ3) is 4.44. The van der Waals surface area contributed by atoms with Gasteiger partial charge < -0.3 is 9.47 Å². The first-order chi connectivity index (χ1) is 14.6. The fourth-order valence-electron chi connectivity index (χ4n) is 3.20. The Morgan fingerprint density at radius 3 is 2.40 bits per heavy atom. The van der Waals surface area contributed by atoms with Gasteiger partial charge in [0.2, 0.25) is 0 Å². The van der Waals surface area contributed by atoms with E-state index in [0.717, 1.165) is 15.6 Å². The van der Waals surface area contributed by atoms with Crippen molar-refractivity contribution >= 4 is 44.8 Å². The molecule has 0 N–H and O–H groups in total. The number of halogens is 1. The molecule has 4 aromatic carbocycles. The minimum Gasteiger partial charge on any atom is -0.493 e. The van der Waals surface area contributed by atoms with E-state index in [0.29, 0.717) is 17.1 Å². The molecule has 0 bridgehead atoms. The first-order valence-electron chi connectivity index (χ1n) is 9.46. The third-order valence-corrected chi connectivity index (χ3v) is 5.28. The van der Waals surface area contributed by atoms with Gasteiger partial charge >= 0.3 is 5.97 Å². The summed E-state index contributed by atoms with van der Waals surface area (Å²) in [6.07, 6.45) is 4.09. The van der Waals surface area contributed by atoms with Crippen LogP contribution < -0.4 is 9.47 Å². The molecule has 0 fully saturated rings. The van der Waals surface area contributed by atoms with Crippen molar-refractivity contribution in [2.45, 2.75) is 0 Å². The van der Waals surface area contributed by atoms with E-state index in [1.54, 1.807) is 37.4 Å². The minimum absolute atomic E-state index is 0.382. The van der Waals surface area contributed by atoms with Crippen LogP contribution in [0, 0.1) is 0 Å². The van der Waals surface area contributed by atoms with Crippen LogP contribution in [0.1, 0.15) is 21.5 Å². The molecular formula is C26H19BrO3. The minimum atomic E-state index is -0.431. The molecule has 0 aliphatic carbocycles. The maximum absolute atomic E-state index is 12.4. The van der Waals surface area contributed by atoms with Gasteiger partial charge in [-0.15, -0.1) is 0 Å². The highest BCUT2D eigenvalue weighted by molar-refractivity contribution is 9.10. The van der Waals surface area contributed by atoms with Gasteiger partial charge in [-0.05, 0) is 58.3 Å². The number of hydrogen-bond acceptors (Lipinski definition) is 3. The van der Waals surface area contributed by atoms with E-state index in [-0.39, 0.29) is 0 Å². The maximum Gasteiger partial charge on any atom is 0.343 e. The summed E-state index contributed by atoms with van der Waals surface area (Å²) in [5.41, 5.74) is 2.56. The number of carbonyl (C=O) groups excluding carboxylic acids is 1. The van der Waals surface area contributed by atoms with E-state index < -0.39 is 5.97 Å². The molecule has 4 rings (SSSR count). The lowest BCUT2D eigenvalue weighted by Crippen LogP contribution is -2.09. The van der Waals surface area contributed by atoms with Gasteiger partial charge in [0.1, 0.15) is 0 Å². The van der Waals surface area contributed by atoms with Crippen LogP contribution >= 0.6 is 15.9 Å². The topological polar surface area (TPSA) is 35.5 Å². The molecule has 0 unspecified atom stereocenters. The monoisotopic (exact) mass is 458 g/mol. The Balaban J connectivity index is 1.56. The molecule has 30 heavy (non-hydrogen) atoms. The number of rotatable bonds is 5. The van der Waals surface area contributed by atoms with E-state index in [4.69, 9.17) is 9.47 Å². The second kappa shape index (κ2) is 8.97. The summed E-state index contributed by atoms with van der Waals surface area (Å²) < 4.78 is 11.9. The first kappa shape index (κ1) is 19.9. The van der Waals surface area contributed by atoms with Crippen molar-refractivity contribution in [3.8, 4) is 11.5 Å². The number of fused-ring (bicyclic) bond motifs is 1. The van der Waals surface area contributed by atoms with Gasteiger partial charge in [-0.2, -0.15) is 0 Å². The van der Waals surface area contributed by atoms with Crippen molar-refractivity contribution in [1.29, 1.82) is 0 Å². The number of methoxy groups -OCH3 is 1. The normalized spacial score (nSPS) is 11.0. The molecule has 0 amide bonds. The Labute approximate surface area is 183 Å². The Bertz CT molecular complexity index is 1220. The number of esters is 1. The Kier molecular flexibility index (Phi) is 5.96. The molecule has 0 saturated carbocycles. The summed E-state index contributed by atoms with van der Waals surface area (Å²) in [5, 5.41) is 2.40. The van der Waals surface area contributed by atoms with Crippen molar-refractivity contribution in [2.75, 3.05) is 7.11 Å². The van der Waals surface area contributed by atoms with Gasteiger partial charge in [-0.1, -0.05) is 76.6 Å². The Morgan fingerprint density at radius 2 is 1.60 bits per heavy atom. The number of ether oxygens (including phenoxy) is 2. The van der Waals surface area contributed by atoms with Gasteiger partial charge in [0.05, 0.1) is 12.7 Å². The van der Waals surface area contributed by atoms with E-state index in [1.807, 2.05) is 36.4 Å². The van der Waals surface area contributed by atoms with E-state index in [1.165, 1.54) is 10.8 Å². The first-order valence-corrected chi connectivity index (χ1v) is 10.2. The largest absolute Gasteiger partial charge is 0.493 e. The predicted molar refractivity (Wildman–Crippen MR) is 125 cm³/mol. The van der Waals surface area contributed by atoms with Crippen LogP contribution in [0.2, 0.25) is 0 Å². The Hall–Kier alpha value is -3.37. The summed E-state index contributed by atoms with van der Waals surface area (Å²) >= 11 is 3.36. The van der Waals surface area contributed by atoms with Crippen LogP contribution in [0.4, 0.5) is 0 Å². The van der Waals surface area contributed by atoms with Gasteiger partial charge in [0.15, 0.2) is 11.5 Å². The van der Waals surface area contributed by atoms with Crippen molar-refractivity contribution in [3.05, 3.63) is 106 Å². The molecule has 0 radical (unpaired) electrons. The number of carbonyl (C=O) groups is 1. The highest BCUT2D eigenvalue weighted by atomic mass is 79.9. The zero-order valence-corrected chi connectivity index (χ0v) is 17.9. The van der Waals surface area contributed by atoms with Crippen LogP contribution in [-0.2, 0) is 0 Å². The van der Waals surface area contributed by atoms with Crippen LogP contribution in [-0.4, -0.2) is 13.1 Å². The Morgan fingerprint density at radius 1 is 0.833 bits per heavy atom. The molecule has 148 valence electrons. The summed E-state index contributed by atoms with van der Waals surface area (Å²) in [5.74, 6) is 0.452. The van der Waals surface area contributed by atoms with Crippen molar-refractivity contribution < 1.29 is 14.3 Å². The van der Waals surface area contributed by atoms with Crippen molar-refractivity contribution in [1.82, 2.24) is 0 Å². The third-order valence-electron chi connectivity index (χ3n) is 4.75. The molecule has 3 nitrogen and oxygen atoms in total. The highest BCUT2D eigenvalue weighted by Crippen LogP contribution is 2.30. The highest BCUT2D eigenvalue weighted by Gasteiger charge is 2.12. The van der Waals surface area contributed by atoms with Gasteiger partial charge in [-0.3, -0.25) is 0 Å². The summed E-state index contributed by atoms with van der Waals surface area (Å²) in [7, 11) is 1.56. The van der Waals surface area contributed by atoms with Gasteiger partial charge in [0.25, 0.3) is 0 Å². The van der Waals surface area contributed by atoms with Crippen LogP contribution in [0.25, 0.3) is 22.9 Å². The molecule has 0 atom stereocenters. The smallest absolute Gasteiger partial charge is 0.343 e. The lowest BCUT2D eigenvalue weighted by Gasteiger charge is -2.10.